The van der Waals surface area contributed by atoms with Crippen molar-refractivity contribution in [3.05, 3.63) is 59.1 Å². The lowest BCUT2D eigenvalue weighted by Crippen LogP contribution is -2.26. The van der Waals surface area contributed by atoms with Gasteiger partial charge in [-0.15, -0.1) is 11.8 Å². The molecule has 24 heavy (non-hydrogen) atoms. The van der Waals surface area contributed by atoms with Crippen molar-refractivity contribution in [2.45, 2.75) is 9.79 Å². The van der Waals surface area contributed by atoms with Crippen molar-refractivity contribution in [1.29, 1.82) is 0 Å². The van der Waals surface area contributed by atoms with Crippen molar-refractivity contribution in [2.24, 2.45) is 0 Å². The van der Waals surface area contributed by atoms with Crippen LogP contribution in [0.4, 0.5) is 0 Å². The number of hydrogen-bond donors (Lipinski definition) is 1. The topological polar surface area (TPSA) is 72.5 Å². The van der Waals surface area contributed by atoms with Crippen LogP contribution in [0.5, 0.6) is 0 Å². The molecule has 0 bridgehead atoms. The SMILES string of the molecule is COC(=O)c1cccc(S(=O)(=O)NCCSc2ccc(Cl)cc2)c1. The average molecular weight is 386 g/mol. The third-order valence-electron chi connectivity index (χ3n) is 3.04. The first-order valence-electron chi connectivity index (χ1n) is 6.99. The van der Waals surface area contributed by atoms with Crippen LogP contribution in [0.3, 0.4) is 0 Å². The Kier molecular flexibility index (Phi) is 6.68. The number of nitrogens with one attached hydrogen (secondary N) is 1. The summed E-state index contributed by atoms with van der Waals surface area (Å²) < 4.78 is 31.6. The summed E-state index contributed by atoms with van der Waals surface area (Å²) in [5, 5.41) is 0.658. The van der Waals surface area contributed by atoms with Crippen LogP contribution in [0, 0.1) is 0 Å². The number of hydrogen-bond acceptors (Lipinski definition) is 5. The monoisotopic (exact) mass is 385 g/mol. The summed E-state index contributed by atoms with van der Waals surface area (Å²) in [6, 6.07) is 13.0. The van der Waals surface area contributed by atoms with Crippen LogP contribution in [-0.4, -0.2) is 33.8 Å². The lowest BCUT2D eigenvalue weighted by Gasteiger charge is -2.08. The van der Waals surface area contributed by atoms with E-state index in [1.807, 2.05) is 12.1 Å². The molecule has 2 aromatic carbocycles. The van der Waals surface area contributed by atoms with E-state index >= 15 is 0 Å². The molecule has 128 valence electrons. The highest BCUT2D eigenvalue weighted by atomic mass is 35.5. The Hall–Kier alpha value is -1.54. The Bertz CT molecular complexity index is 807. The van der Waals surface area contributed by atoms with E-state index in [9.17, 15) is 13.2 Å². The molecule has 2 rings (SSSR count). The minimum Gasteiger partial charge on any atom is -0.465 e. The summed E-state index contributed by atoms with van der Waals surface area (Å²) in [4.78, 5) is 12.5. The predicted molar refractivity (Wildman–Crippen MR) is 95.1 cm³/mol. The van der Waals surface area contributed by atoms with Crippen LogP contribution in [0.1, 0.15) is 10.4 Å². The van der Waals surface area contributed by atoms with Crippen LogP contribution < -0.4 is 4.72 Å². The number of carbonyl (C=O) groups excluding carboxylic acids is 1. The molecule has 2 aromatic rings. The molecule has 5 nitrogen and oxygen atoms in total. The highest BCUT2D eigenvalue weighted by molar-refractivity contribution is 7.99. The minimum atomic E-state index is -3.68. The minimum absolute atomic E-state index is 0.0295. The summed E-state index contributed by atoms with van der Waals surface area (Å²) in [5.41, 5.74) is 0.191. The second kappa shape index (κ2) is 8.53. The number of methoxy groups -OCH3 is 1. The molecule has 0 amide bonds. The highest BCUT2D eigenvalue weighted by Gasteiger charge is 2.16. The van der Waals surface area contributed by atoms with Crippen molar-refractivity contribution in [3.63, 3.8) is 0 Å². The number of thioether (sulfide) groups is 1. The maximum atomic E-state index is 12.3. The van der Waals surface area contributed by atoms with Crippen LogP contribution >= 0.6 is 23.4 Å². The fourth-order valence-corrected chi connectivity index (χ4v) is 3.97. The second-order valence-electron chi connectivity index (χ2n) is 4.72. The van der Waals surface area contributed by atoms with Gasteiger partial charge in [0.25, 0.3) is 0 Å². The van der Waals surface area contributed by atoms with Gasteiger partial charge in [-0.3, -0.25) is 0 Å². The van der Waals surface area contributed by atoms with E-state index in [1.54, 1.807) is 12.1 Å². The Morgan fingerprint density at radius 1 is 1.21 bits per heavy atom. The number of benzene rings is 2. The first kappa shape index (κ1) is 18.8. The smallest absolute Gasteiger partial charge is 0.337 e. The molecule has 0 spiro atoms. The molecule has 0 radical (unpaired) electrons. The molecule has 0 saturated carbocycles. The number of ether oxygens (including phenoxy) is 1. The van der Waals surface area contributed by atoms with Crippen LogP contribution in [0.25, 0.3) is 0 Å². The van der Waals surface area contributed by atoms with E-state index in [0.717, 1.165) is 4.90 Å². The summed E-state index contributed by atoms with van der Waals surface area (Å²) in [6.45, 7) is 0.262. The van der Waals surface area contributed by atoms with Gasteiger partial charge in [-0.05, 0) is 42.5 Å². The lowest BCUT2D eigenvalue weighted by molar-refractivity contribution is 0.0600. The molecule has 0 aliphatic carbocycles. The van der Waals surface area contributed by atoms with Crippen molar-refractivity contribution in [3.8, 4) is 0 Å². The van der Waals surface area contributed by atoms with E-state index in [2.05, 4.69) is 9.46 Å². The normalized spacial score (nSPS) is 11.2. The molecule has 0 fully saturated rings. The Labute approximate surface area is 150 Å². The fraction of sp³-hybridized carbons (Fsp3) is 0.188. The zero-order chi connectivity index (χ0) is 17.6. The van der Waals surface area contributed by atoms with Gasteiger partial charge in [0.1, 0.15) is 0 Å². The van der Waals surface area contributed by atoms with Gasteiger partial charge in [-0.1, -0.05) is 17.7 Å². The Balaban J connectivity index is 1.93. The molecule has 1 N–H and O–H groups in total. The summed E-state index contributed by atoms with van der Waals surface area (Å²) in [6.07, 6.45) is 0. The fourth-order valence-electron chi connectivity index (χ4n) is 1.87. The van der Waals surface area contributed by atoms with E-state index in [-0.39, 0.29) is 17.0 Å². The molecular weight excluding hydrogens is 370 g/mol. The number of halogens is 1. The van der Waals surface area contributed by atoms with E-state index in [4.69, 9.17) is 11.6 Å². The third-order valence-corrected chi connectivity index (χ3v) is 5.77. The Morgan fingerprint density at radius 3 is 2.58 bits per heavy atom. The van der Waals surface area contributed by atoms with Gasteiger partial charge in [0.05, 0.1) is 17.6 Å². The molecule has 0 aliphatic rings. The second-order valence-corrected chi connectivity index (χ2v) is 8.09. The van der Waals surface area contributed by atoms with E-state index < -0.39 is 16.0 Å². The third kappa shape index (κ3) is 5.24. The van der Waals surface area contributed by atoms with Crippen molar-refractivity contribution >= 4 is 39.4 Å². The molecule has 8 heteroatoms. The molecular formula is C16H16ClNO4S2. The molecule has 0 atom stereocenters. The summed E-state index contributed by atoms with van der Waals surface area (Å²) >= 11 is 7.33. The van der Waals surface area contributed by atoms with Gasteiger partial charge in [0.2, 0.25) is 10.0 Å². The van der Waals surface area contributed by atoms with E-state index in [0.29, 0.717) is 10.8 Å². The van der Waals surface area contributed by atoms with Crippen LogP contribution in [0.2, 0.25) is 5.02 Å². The summed E-state index contributed by atoms with van der Waals surface area (Å²) in [5.74, 6) is -0.0114. The van der Waals surface area contributed by atoms with Gasteiger partial charge in [-0.2, -0.15) is 0 Å². The number of sulfonamides is 1. The van der Waals surface area contributed by atoms with Crippen molar-refractivity contribution in [1.82, 2.24) is 4.72 Å². The Morgan fingerprint density at radius 2 is 1.92 bits per heavy atom. The molecule has 0 aromatic heterocycles. The van der Waals surface area contributed by atoms with Crippen LogP contribution in [0.15, 0.2) is 58.3 Å². The van der Waals surface area contributed by atoms with E-state index in [1.165, 1.54) is 43.1 Å². The van der Waals surface area contributed by atoms with Gasteiger partial charge in [0, 0.05) is 22.2 Å². The lowest BCUT2D eigenvalue weighted by atomic mass is 10.2. The van der Waals surface area contributed by atoms with Gasteiger partial charge in [0.15, 0.2) is 0 Å². The van der Waals surface area contributed by atoms with Gasteiger partial charge >= 0.3 is 5.97 Å². The maximum absolute atomic E-state index is 12.3. The largest absolute Gasteiger partial charge is 0.465 e. The zero-order valence-corrected chi connectivity index (χ0v) is 15.2. The standard InChI is InChI=1S/C16H16ClNO4S2/c1-22-16(19)12-3-2-4-15(11-12)24(20,21)18-9-10-23-14-7-5-13(17)6-8-14/h2-8,11,18H,9-10H2,1H3. The maximum Gasteiger partial charge on any atom is 0.337 e. The molecule has 0 saturated heterocycles. The van der Waals surface area contributed by atoms with Crippen molar-refractivity contribution < 1.29 is 17.9 Å². The quantitative estimate of drug-likeness (QED) is 0.450. The number of carbonyl (C=O) groups is 1. The van der Waals surface area contributed by atoms with Gasteiger partial charge < -0.3 is 4.74 Å². The summed E-state index contributed by atoms with van der Waals surface area (Å²) in [7, 11) is -2.43. The van der Waals surface area contributed by atoms with Gasteiger partial charge in [-0.25, -0.2) is 17.9 Å². The van der Waals surface area contributed by atoms with Crippen molar-refractivity contribution in [2.75, 3.05) is 19.4 Å². The highest BCUT2D eigenvalue weighted by Crippen LogP contribution is 2.20. The molecule has 0 aliphatic heterocycles. The predicted octanol–water partition coefficient (Wildman–Crippen LogP) is 3.20. The molecule has 0 unspecified atom stereocenters. The number of rotatable bonds is 7. The number of esters is 1. The zero-order valence-electron chi connectivity index (χ0n) is 12.9. The van der Waals surface area contributed by atoms with Crippen LogP contribution in [-0.2, 0) is 14.8 Å². The first-order chi connectivity index (χ1) is 11.4. The molecule has 0 heterocycles. The first-order valence-corrected chi connectivity index (χ1v) is 9.83. The average Bonchev–Trinajstić information content (AvgIpc) is 2.59.